The molecule has 0 atom stereocenters. The zero-order valence-electron chi connectivity index (χ0n) is 19.1. The summed E-state index contributed by atoms with van der Waals surface area (Å²) in [6.45, 7) is 2.10. The molecule has 0 aromatic carbocycles. The summed E-state index contributed by atoms with van der Waals surface area (Å²) in [7, 11) is -7.38. The molecular weight excluding hydrogens is 541 g/mol. The first-order valence-corrected chi connectivity index (χ1v) is 14.9. The number of imidazole rings is 1. The number of hydrogen-bond acceptors (Lipinski definition) is 8. The summed E-state index contributed by atoms with van der Waals surface area (Å²) in [5, 5.41) is 5.57. The smallest absolute Gasteiger partial charge is 0.296 e. The lowest BCUT2D eigenvalue weighted by atomic mass is 10.0. The Morgan fingerprint density at radius 1 is 1.17 bits per heavy atom. The van der Waals surface area contributed by atoms with Gasteiger partial charge in [0, 0.05) is 30.4 Å². The quantitative estimate of drug-likeness (QED) is 0.490. The highest BCUT2D eigenvalue weighted by molar-refractivity contribution is 7.89. The van der Waals surface area contributed by atoms with E-state index in [-0.39, 0.29) is 28.8 Å². The highest BCUT2D eigenvalue weighted by Gasteiger charge is 2.41. The third-order valence-electron chi connectivity index (χ3n) is 6.15. The molecule has 0 radical (unpaired) electrons. The highest BCUT2D eigenvalue weighted by atomic mass is 32.2. The highest BCUT2D eigenvalue weighted by Crippen LogP contribution is 2.38. The molecule has 0 saturated heterocycles. The monoisotopic (exact) mass is 562 g/mol. The van der Waals surface area contributed by atoms with Crippen LogP contribution in [0, 0.1) is 0 Å². The minimum absolute atomic E-state index is 0.0168. The van der Waals surface area contributed by atoms with Crippen LogP contribution in [-0.2, 0) is 26.2 Å². The minimum Gasteiger partial charge on any atom is -0.296 e. The van der Waals surface area contributed by atoms with E-state index in [9.17, 15) is 30.0 Å². The first-order valence-electron chi connectivity index (χ1n) is 10.8. The molecule has 0 unspecified atom stereocenters. The van der Waals surface area contributed by atoms with Crippen molar-refractivity contribution >= 4 is 42.5 Å². The fraction of sp³-hybridized carbons (Fsp3) is 0.450. The average molecular weight is 563 g/mol. The predicted molar refractivity (Wildman–Crippen MR) is 126 cm³/mol. The summed E-state index contributed by atoms with van der Waals surface area (Å²) in [6.07, 6.45) is 2.56. The van der Waals surface area contributed by atoms with E-state index >= 15 is 0 Å². The van der Waals surface area contributed by atoms with Crippen LogP contribution in [-0.4, -0.2) is 65.6 Å². The Labute approximate surface area is 209 Å². The molecule has 1 aliphatic heterocycles. The molecule has 5 rings (SSSR count). The SMILES string of the molecule is CC1(NS(=O)(=O)c2cc(C3=CCN(S(C)(=O)=O)CC3)c3cnc(-c4nnc(C(F)(F)F)s4)n3c2)CC1. The van der Waals surface area contributed by atoms with Crippen molar-refractivity contribution in [1.29, 1.82) is 0 Å². The molecule has 1 fully saturated rings. The summed E-state index contributed by atoms with van der Waals surface area (Å²) in [5.74, 6) is 0.0168. The van der Waals surface area contributed by atoms with E-state index in [1.165, 1.54) is 27.2 Å². The fourth-order valence-corrected chi connectivity index (χ4v) is 6.89. The molecule has 1 saturated carbocycles. The molecule has 36 heavy (non-hydrogen) atoms. The van der Waals surface area contributed by atoms with Gasteiger partial charge in [-0.2, -0.15) is 17.5 Å². The third-order valence-corrected chi connectivity index (χ3v) is 9.99. The van der Waals surface area contributed by atoms with Crippen LogP contribution < -0.4 is 4.72 Å². The standard InChI is InChI=1S/C20H21F3N6O4S3/c1-19(5-6-19)27-36(32,33)13-9-14(12-3-7-28(8-4-12)35(2,30)31)15-10-24-16(29(15)11-13)17-25-26-18(34-17)20(21,22)23/h3,9-11,27H,4-8H2,1-2H3. The first-order chi connectivity index (χ1) is 16.7. The van der Waals surface area contributed by atoms with Gasteiger partial charge in [0.2, 0.25) is 25.1 Å². The van der Waals surface area contributed by atoms with Crippen molar-refractivity contribution in [2.24, 2.45) is 0 Å². The van der Waals surface area contributed by atoms with Crippen molar-refractivity contribution in [3.8, 4) is 10.8 Å². The minimum atomic E-state index is -4.68. The van der Waals surface area contributed by atoms with Gasteiger partial charge >= 0.3 is 6.18 Å². The van der Waals surface area contributed by atoms with E-state index in [0.29, 0.717) is 47.3 Å². The van der Waals surface area contributed by atoms with Gasteiger partial charge in [0.05, 0.1) is 22.9 Å². The summed E-state index contributed by atoms with van der Waals surface area (Å²) < 4.78 is 94.9. The molecule has 194 valence electrons. The van der Waals surface area contributed by atoms with Crippen molar-refractivity contribution in [3.63, 3.8) is 0 Å². The van der Waals surface area contributed by atoms with Gasteiger partial charge in [-0.05, 0) is 37.8 Å². The third kappa shape index (κ3) is 4.79. The number of nitrogens with zero attached hydrogens (tertiary/aromatic N) is 5. The van der Waals surface area contributed by atoms with Crippen molar-refractivity contribution in [2.45, 2.75) is 42.8 Å². The first kappa shape index (κ1) is 25.3. The van der Waals surface area contributed by atoms with Gasteiger partial charge in [0.25, 0.3) is 0 Å². The maximum Gasteiger partial charge on any atom is 0.445 e. The van der Waals surface area contributed by atoms with Crippen LogP contribution in [0.1, 0.15) is 36.8 Å². The molecule has 2 aliphatic rings. The van der Waals surface area contributed by atoms with E-state index < -0.39 is 36.8 Å². The normalized spacial score (nSPS) is 19.0. The lowest BCUT2D eigenvalue weighted by Gasteiger charge is -2.25. The molecule has 0 bridgehead atoms. The molecule has 0 spiro atoms. The predicted octanol–water partition coefficient (Wildman–Crippen LogP) is 2.75. The Morgan fingerprint density at radius 3 is 2.44 bits per heavy atom. The number of hydrogen-bond donors (Lipinski definition) is 1. The fourth-order valence-electron chi connectivity index (χ4n) is 3.93. The lowest BCUT2D eigenvalue weighted by Crippen LogP contribution is -2.34. The molecule has 3 aromatic rings. The topological polar surface area (TPSA) is 127 Å². The van der Waals surface area contributed by atoms with Gasteiger partial charge < -0.3 is 0 Å². The van der Waals surface area contributed by atoms with Crippen molar-refractivity contribution in [3.05, 3.63) is 35.1 Å². The van der Waals surface area contributed by atoms with Crippen LogP contribution in [0.5, 0.6) is 0 Å². The lowest BCUT2D eigenvalue weighted by molar-refractivity contribution is -0.138. The number of nitrogens with one attached hydrogen (secondary N) is 1. The largest absolute Gasteiger partial charge is 0.445 e. The maximum atomic E-state index is 13.2. The average Bonchev–Trinajstić information content (AvgIpc) is 3.17. The molecular formula is C20H21F3N6O4S3. The molecule has 4 heterocycles. The molecule has 0 amide bonds. The second-order valence-corrected chi connectivity index (χ2v) is 13.7. The van der Waals surface area contributed by atoms with Crippen molar-refractivity contribution in [1.82, 2.24) is 28.6 Å². The molecule has 1 N–H and O–H groups in total. The number of sulfonamides is 2. The Kier molecular flexibility index (Phi) is 5.83. The number of fused-ring (bicyclic) bond motifs is 1. The van der Waals surface area contributed by atoms with E-state index in [1.54, 1.807) is 13.0 Å². The Morgan fingerprint density at radius 2 is 1.89 bits per heavy atom. The molecule has 16 heteroatoms. The second-order valence-electron chi connectivity index (χ2n) is 9.10. The summed E-state index contributed by atoms with van der Waals surface area (Å²) >= 11 is 0.307. The number of alkyl halides is 3. The van der Waals surface area contributed by atoms with Crippen LogP contribution in [0.15, 0.2) is 29.4 Å². The Hall–Kier alpha value is -2.40. The zero-order valence-corrected chi connectivity index (χ0v) is 21.5. The molecule has 1 aliphatic carbocycles. The van der Waals surface area contributed by atoms with Crippen molar-refractivity contribution < 1.29 is 30.0 Å². The van der Waals surface area contributed by atoms with Gasteiger partial charge in [-0.15, -0.1) is 10.2 Å². The van der Waals surface area contributed by atoms with Crippen LogP contribution in [0.25, 0.3) is 21.9 Å². The van der Waals surface area contributed by atoms with Crippen molar-refractivity contribution in [2.75, 3.05) is 19.3 Å². The molecule has 3 aromatic heterocycles. The van der Waals surface area contributed by atoms with Crippen LogP contribution in [0.3, 0.4) is 0 Å². The van der Waals surface area contributed by atoms with E-state index in [0.717, 1.165) is 6.26 Å². The van der Waals surface area contributed by atoms with Gasteiger partial charge in [-0.1, -0.05) is 17.4 Å². The summed E-state index contributed by atoms with van der Waals surface area (Å²) in [6, 6.07) is 1.48. The summed E-state index contributed by atoms with van der Waals surface area (Å²) in [4.78, 5) is 4.14. The van der Waals surface area contributed by atoms with Crippen LogP contribution >= 0.6 is 11.3 Å². The Balaban J connectivity index is 1.66. The number of rotatable bonds is 6. The Bertz CT molecular complexity index is 1600. The zero-order chi connectivity index (χ0) is 26.1. The van der Waals surface area contributed by atoms with E-state index in [4.69, 9.17) is 0 Å². The second kappa shape index (κ2) is 8.31. The van der Waals surface area contributed by atoms with E-state index in [2.05, 4.69) is 19.9 Å². The van der Waals surface area contributed by atoms with Gasteiger partial charge in [-0.25, -0.2) is 26.5 Å². The van der Waals surface area contributed by atoms with E-state index in [1.807, 2.05) is 0 Å². The molecule has 10 nitrogen and oxygen atoms in total. The summed E-state index contributed by atoms with van der Waals surface area (Å²) in [5.41, 5.74) is 1.09. The number of pyridine rings is 1. The van der Waals surface area contributed by atoms with Gasteiger partial charge in [0.1, 0.15) is 0 Å². The van der Waals surface area contributed by atoms with Gasteiger partial charge in [-0.3, -0.25) is 4.40 Å². The van der Waals surface area contributed by atoms with Crippen LogP contribution in [0.2, 0.25) is 0 Å². The van der Waals surface area contributed by atoms with Gasteiger partial charge in [0.15, 0.2) is 10.8 Å². The number of aromatic nitrogens is 4. The van der Waals surface area contributed by atoms with Crippen LogP contribution in [0.4, 0.5) is 13.2 Å². The number of halogens is 3. The maximum absolute atomic E-state index is 13.2.